The van der Waals surface area contributed by atoms with Crippen LogP contribution in [0.5, 0.6) is 0 Å². The van der Waals surface area contributed by atoms with E-state index in [1.54, 1.807) is 0 Å². The summed E-state index contributed by atoms with van der Waals surface area (Å²) in [4.78, 5) is 0. The minimum absolute atomic E-state index is 0.212. The van der Waals surface area contributed by atoms with Crippen LogP contribution in [-0.2, 0) is 6.42 Å². The molecule has 4 aromatic rings. The molecule has 0 aliphatic heterocycles. The molecule has 0 bridgehead atoms. The molecule has 1 nitrogen and oxygen atoms in total. The predicted molar refractivity (Wildman–Crippen MR) is 107 cm³/mol. The Labute approximate surface area is 154 Å². The number of benzene rings is 3. The van der Waals surface area contributed by atoms with Crippen molar-refractivity contribution in [3.05, 3.63) is 84.4 Å². The molecule has 0 spiro atoms. The third kappa shape index (κ3) is 3.28. The van der Waals surface area contributed by atoms with Crippen molar-refractivity contribution in [1.82, 2.24) is 0 Å². The molecule has 1 heterocycles. The maximum absolute atomic E-state index is 6.27. The fourth-order valence-corrected chi connectivity index (χ4v) is 5.61. The summed E-state index contributed by atoms with van der Waals surface area (Å²) >= 11 is 0.212. The Kier molecular flexibility index (Phi) is 4.74. The van der Waals surface area contributed by atoms with Crippen LogP contribution in [0, 0.1) is 0 Å². The molecule has 0 unspecified atom stereocenters. The van der Waals surface area contributed by atoms with E-state index >= 15 is 0 Å². The van der Waals surface area contributed by atoms with E-state index in [-0.39, 0.29) is 15.0 Å². The summed E-state index contributed by atoms with van der Waals surface area (Å²) in [5.41, 5.74) is 3.60. The van der Waals surface area contributed by atoms with E-state index in [4.69, 9.17) is 4.42 Å². The van der Waals surface area contributed by atoms with Crippen LogP contribution >= 0.6 is 0 Å². The Morgan fingerprint density at radius 3 is 2.36 bits per heavy atom. The van der Waals surface area contributed by atoms with Crippen molar-refractivity contribution >= 4 is 34.8 Å². The molecule has 0 atom stereocenters. The second kappa shape index (κ2) is 7.31. The molecule has 0 aliphatic rings. The molecule has 0 saturated heterocycles. The van der Waals surface area contributed by atoms with E-state index in [0.717, 1.165) is 23.3 Å². The van der Waals surface area contributed by atoms with Gasteiger partial charge in [0, 0.05) is 0 Å². The second-order valence-electron chi connectivity index (χ2n) is 6.08. The van der Waals surface area contributed by atoms with E-state index in [1.807, 2.05) is 12.1 Å². The molecular weight excluding hydrogens is 371 g/mol. The summed E-state index contributed by atoms with van der Waals surface area (Å²) in [6.07, 6.45) is 2.30. The number of aryl methyl sites for hydroxylation is 1. The van der Waals surface area contributed by atoms with Gasteiger partial charge in [-0.15, -0.1) is 0 Å². The second-order valence-corrected chi connectivity index (χ2v) is 8.29. The third-order valence-electron chi connectivity index (χ3n) is 4.29. The Hall–Kier alpha value is -2.28. The van der Waals surface area contributed by atoms with Gasteiger partial charge >= 0.3 is 155 Å². The first-order valence-electron chi connectivity index (χ1n) is 8.69. The van der Waals surface area contributed by atoms with Gasteiger partial charge in [-0.3, -0.25) is 0 Å². The fourth-order valence-electron chi connectivity index (χ4n) is 3.09. The van der Waals surface area contributed by atoms with Crippen molar-refractivity contribution in [2.75, 3.05) is 0 Å². The van der Waals surface area contributed by atoms with Crippen LogP contribution in [0.1, 0.15) is 18.9 Å². The SMILES string of the molecule is CCCc1ccccc1[Se]c1c(-c2ccccc2)oc2ccccc12. The number of hydrogen-bond acceptors (Lipinski definition) is 1. The van der Waals surface area contributed by atoms with Gasteiger partial charge in [0.1, 0.15) is 0 Å². The summed E-state index contributed by atoms with van der Waals surface area (Å²) in [5, 5.41) is 1.24. The molecule has 0 radical (unpaired) electrons. The molecule has 0 N–H and O–H groups in total. The molecule has 124 valence electrons. The van der Waals surface area contributed by atoms with Gasteiger partial charge in [0.05, 0.1) is 0 Å². The van der Waals surface area contributed by atoms with Crippen molar-refractivity contribution in [3.63, 3.8) is 0 Å². The molecule has 4 rings (SSSR count). The summed E-state index contributed by atoms with van der Waals surface area (Å²) in [6, 6.07) is 27.7. The van der Waals surface area contributed by atoms with Crippen LogP contribution in [-0.4, -0.2) is 15.0 Å². The van der Waals surface area contributed by atoms with Gasteiger partial charge in [-0.25, -0.2) is 0 Å². The van der Waals surface area contributed by atoms with Gasteiger partial charge in [-0.2, -0.15) is 0 Å². The maximum atomic E-state index is 6.27. The van der Waals surface area contributed by atoms with Crippen molar-refractivity contribution in [1.29, 1.82) is 0 Å². The Balaban J connectivity index is 1.86. The predicted octanol–water partition coefficient (Wildman–Crippen LogP) is 4.71. The number of rotatable bonds is 5. The summed E-state index contributed by atoms with van der Waals surface area (Å²) < 4.78 is 9.08. The fraction of sp³-hybridized carbons (Fsp3) is 0.130. The molecule has 0 amide bonds. The van der Waals surface area contributed by atoms with Crippen molar-refractivity contribution in [3.8, 4) is 11.3 Å². The quantitative estimate of drug-likeness (QED) is 0.449. The first kappa shape index (κ1) is 16.2. The number of fused-ring (bicyclic) bond motifs is 1. The van der Waals surface area contributed by atoms with Crippen molar-refractivity contribution < 1.29 is 4.42 Å². The number of para-hydroxylation sites is 1. The molecule has 0 fully saturated rings. The molecule has 1 aromatic heterocycles. The molecule has 0 saturated carbocycles. The van der Waals surface area contributed by atoms with Gasteiger partial charge < -0.3 is 0 Å². The van der Waals surface area contributed by atoms with Crippen LogP contribution in [0.15, 0.2) is 83.3 Å². The minimum atomic E-state index is 0.212. The van der Waals surface area contributed by atoms with Gasteiger partial charge in [0.15, 0.2) is 0 Å². The normalized spacial score (nSPS) is 11.1. The van der Waals surface area contributed by atoms with Gasteiger partial charge in [-0.05, 0) is 0 Å². The molecule has 2 heteroatoms. The average molecular weight is 391 g/mol. The summed E-state index contributed by atoms with van der Waals surface area (Å²) in [5.74, 6) is 1.02. The van der Waals surface area contributed by atoms with Crippen LogP contribution in [0.25, 0.3) is 22.3 Å². The average Bonchev–Trinajstić information content (AvgIpc) is 3.03. The zero-order valence-electron chi connectivity index (χ0n) is 14.2. The van der Waals surface area contributed by atoms with E-state index in [1.165, 1.54) is 26.3 Å². The van der Waals surface area contributed by atoms with E-state index < -0.39 is 0 Å². The first-order valence-corrected chi connectivity index (χ1v) is 10.4. The number of hydrogen-bond donors (Lipinski definition) is 0. The molecule has 0 aliphatic carbocycles. The van der Waals surface area contributed by atoms with Gasteiger partial charge in [0.25, 0.3) is 0 Å². The number of furan rings is 1. The van der Waals surface area contributed by atoms with Crippen LogP contribution in [0.2, 0.25) is 0 Å². The summed E-state index contributed by atoms with van der Waals surface area (Å²) in [6.45, 7) is 2.24. The Morgan fingerprint density at radius 1 is 0.800 bits per heavy atom. The van der Waals surface area contributed by atoms with E-state index in [2.05, 4.69) is 73.7 Å². The van der Waals surface area contributed by atoms with Crippen molar-refractivity contribution in [2.24, 2.45) is 0 Å². The van der Waals surface area contributed by atoms with Gasteiger partial charge in [-0.1, -0.05) is 0 Å². The van der Waals surface area contributed by atoms with Crippen LogP contribution in [0.3, 0.4) is 0 Å². The third-order valence-corrected chi connectivity index (χ3v) is 6.87. The first-order chi connectivity index (χ1) is 12.4. The topological polar surface area (TPSA) is 13.1 Å². The molecule has 3 aromatic carbocycles. The van der Waals surface area contributed by atoms with E-state index in [0.29, 0.717) is 0 Å². The summed E-state index contributed by atoms with van der Waals surface area (Å²) in [7, 11) is 0. The Bertz CT molecular complexity index is 985. The van der Waals surface area contributed by atoms with E-state index in [9.17, 15) is 0 Å². The molecular formula is C23H20OSe. The van der Waals surface area contributed by atoms with Crippen LogP contribution in [0.4, 0.5) is 0 Å². The zero-order chi connectivity index (χ0) is 17.1. The van der Waals surface area contributed by atoms with Crippen molar-refractivity contribution in [2.45, 2.75) is 19.8 Å². The van der Waals surface area contributed by atoms with Gasteiger partial charge in [0.2, 0.25) is 0 Å². The monoisotopic (exact) mass is 392 g/mol. The Morgan fingerprint density at radius 2 is 1.52 bits per heavy atom. The molecule has 25 heavy (non-hydrogen) atoms. The van der Waals surface area contributed by atoms with Crippen LogP contribution < -0.4 is 8.92 Å². The zero-order valence-corrected chi connectivity index (χ0v) is 15.9. The standard InChI is InChI=1S/C23H20OSe/c1-2-10-17-11-6-9-16-21(17)25-23-19-14-7-8-15-20(19)24-22(23)18-12-4-3-5-13-18/h3-9,11-16H,2,10H2,1H3.